The number of ether oxygens (including phenoxy) is 3. The molecular weight excluding hydrogens is 432 g/mol. The van der Waals surface area contributed by atoms with Gasteiger partial charge in [-0.15, -0.1) is 0 Å². The highest BCUT2D eigenvalue weighted by Gasteiger charge is 2.65. The summed E-state index contributed by atoms with van der Waals surface area (Å²) in [4.78, 5) is 28.2. The average Bonchev–Trinajstić information content (AvgIpc) is 3.24. The van der Waals surface area contributed by atoms with E-state index in [1.165, 1.54) is 31.9 Å². The first-order valence-electron chi connectivity index (χ1n) is 11.9. The lowest BCUT2D eigenvalue weighted by molar-refractivity contribution is -0.111. The Hall–Kier alpha value is -3.22. The standard InChI is InChI=1S/C15H21NO.C12H13NO4/c1-4-6-12-11(5-2)13(17)7-14-15(12)8-10(15)9-16(14)3;1-15-9-5-7-4-8(6-14)13-10(7)12(17-3)11(9)16-2/h7,10H,4-6,8-9H2,1-3H3;4-6,13H,1-3H3. The highest BCUT2D eigenvalue weighted by atomic mass is 16.5. The molecule has 0 bridgehead atoms. The quantitative estimate of drug-likeness (QED) is 0.584. The van der Waals surface area contributed by atoms with Gasteiger partial charge in [0.1, 0.15) is 0 Å². The molecule has 2 fully saturated rings. The first kappa shape index (κ1) is 23.9. The highest BCUT2D eigenvalue weighted by Crippen LogP contribution is 2.70. The summed E-state index contributed by atoms with van der Waals surface area (Å²) in [5.41, 5.74) is 5.41. The number of nitrogens with zero attached hydrogens (tertiary/aromatic N) is 1. The smallest absolute Gasteiger partial charge is 0.205 e. The molecule has 1 aromatic heterocycles. The van der Waals surface area contributed by atoms with Crippen LogP contribution in [0.5, 0.6) is 17.2 Å². The van der Waals surface area contributed by atoms with Gasteiger partial charge in [0.15, 0.2) is 23.6 Å². The van der Waals surface area contributed by atoms with Gasteiger partial charge in [-0.1, -0.05) is 25.8 Å². The zero-order chi connectivity index (χ0) is 24.6. The Morgan fingerprint density at radius 3 is 2.47 bits per heavy atom. The highest BCUT2D eigenvalue weighted by molar-refractivity contribution is 6.07. The number of piperidine rings is 1. The predicted molar refractivity (Wildman–Crippen MR) is 132 cm³/mol. The third kappa shape index (κ3) is 3.58. The van der Waals surface area contributed by atoms with Crippen molar-refractivity contribution in [3.8, 4) is 17.2 Å². The average molecular weight is 467 g/mol. The maximum atomic E-state index is 12.2. The number of aromatic nitrogens is 1. The zero-order valence-electron chi connectivity index (χ0n) is 20.9. The van der Waals surface area contributed by atoms with E-state index in [1.807, 2.05) is 6.08 Å². The van der Waals surface area contributed by atoms with Gasteiger partial charge in [0, 0.05) is 36.2 Å². The first-order valence-corrected chi connectivity index (χ1v) is 11.9. The molecule has 1 saturated carbocycles. The molecule has 1 aromatic carbocycles. The minimum Gasteiger partial charge on any atom is -0.493 e. The molecule has 2 heterocycles. The number of H-pyrrole nitrogens is 1. The van der Waals surface area contributed by atoms with Crippen molar-refractivity contribution in [3.05, 3.63) is 40.7 Å². The minimum atomic E-state index is 0.274. The molecule has 2 unspecified atom stereocenters. The normalized spacial score (nSPS) is 22.5. The lowest BCUT2D eigenvalue weighted by Gasteiger charge is -2.30. The number of allylic oxidation sites excluding steroid dienone is 3. The number of nitrogens with one attached hydrogen (secondary N) is 1. The number of carbonyl (C=O) groups excluding carboxylic acids is 2. The van der Waals surface area contributed by atoms with E-state index in [0.717, 1.165) is 49.0 Å². The summed E-state index contributed by atoms with van der Waals surface area (Å²) >= 11 is 0. The van der Waals surface area contributed by atoms with Crippen LogP contribution in [0.1, 0.15) is 50.0 Å². The monoisotopic (exact) mass is 466 g/mol. The topological polar surface area (TPSA) is 80.9 Å². The van der Waals surface area contributed by atoms with Crippen LogP contribution in [0.15, 0.2) is 35.1 Å². The van der Waals surface area contributed by atoms with Crippen LogP contribution in [0.4, 0.5) is 0 Å². The second-order valence-corrected chi connectivity index (χ2v) is 9.16. The summed E-state index contributed by atoms with van der Waals surface area (Å²) < 4.78 is 15.8. The minimum absolute atomic E-state index is 0.274. The summed E-state index contributed by atoms with van der Waals surface area (Å²) in [6, 6.07) is 3.52. The second kappa shape index (κ2) is 9.20. The zero-order valence-corrected chi connectivity index (χ0v) is 20.9. The molecule has 34 heavy (non-hydrogen) atoms. The van der Waals surface area contributed by atoms with Crippen LogP contribution in [0.3, 0.4) is 0 Å². The summed E-state index contributed by atoms with van der Waals surface area (Å²) in [5.74, 6) is 2.65. The lowest BCUT2D eigenvalue weighted by atomic mass is 9.78. The molecule has 1 saturated heterocycles. The summed E-state index contributed by atoms with van der Waals surface area (Å²) in [5, 5.41) is 0.835. The van der Waals surface area contributed by atoms with Crippen LogP contribution in [0, 0.1) is 11.3 Å². The molecule has 1 N–H and O–H groups in total. The molecule has 5 rings (SSSR count). The van der Waals surface area contributed by atoms with Crippen LogP contribution in [0.25, 0.3) is 10.9 Å². The maximum Gasteiger partial charge on any atom is 0.205 e. The fourth-order valence-corrected chi connectivity index (χ4v) is 5.87. The van der Waals surface area contributed by atoms with Gasteiger partial charge in [-0.05, 0) is 42.9 Å². The molecule has 2 atom stereocenters. The van der Waals surface area contributed by atoms with E-state index in [4.69, 9.17) is 14.2 Å². The second-order valence-electron chi connectivity index (χ2n) is 9.16. The number of likely N-dealkylation sites (tertiary alicyclic amines) is 1. The van der Waals surface area contributed by atoms with Crippen molar-refractivity contribution in [1.29, 1.82) is 0 Å². The number of fused-ring (bicyclic) bond motifs is 1. The van der Waals surface area contributed by atoms with E-state index in [2.05, 4.69) is 30.8 Å². The lowest BCUT2D eigenvalue weighted by Crippen LogP contribution is -2.25. The van der Waals surface area contributed by atoms with Gasteiger partial charge in [-0.3, -0.25) is 9.59 Å². The fraction of sp³-hybridized carbons (Fsp3) is 0.481. The molecule has 1 spiro atoms. The van der Waals surface area contributed by atoms with Gasteiger partial charge in [0.2, 0.25) is 5.75 Å². The van der Waals surface area contributed by atoms with Gasteiger partial charge in [-0.25, -0.2) is 0 Å². The van der Waals surface area contributed by atoms with Crippen molar-refractivity contribution in [2.45, 2.75) is 39.5 Å². The summed E-state index contributed by atoms with van der Waals surface area (Å²) in [6.07, 6.45) is 7.11. The van der Waals surface area contributed by atoms with E-state index in [9.17, 15) is 9.59 Å². The molecule has 7 heteroatoms. The number of benzene rings is 1. The molecule has 3 aliphatic rings. The molecule has 1 aliphatic heterocycles. The molecule has 2 aliphatic carbocycles. The van der Waals surface area contributed by atoms with Gasteiger partial charge < -0.3 is 24.1 Å². The van der Waals surface area contributed by atoms with Crippen molar-refractivity contribution in [1.82, 2.24) is 9.88 Å². The number of carbonyl (C=O) groups is 2. The van der Waals surface area contributed by atoms with Crippen LogP contribution >= 0.6 is 0 Å². The van der Waals surface area contributed by atoms with E-state index in [-0.39, 0.29) is 5.78 Å². The largest absolute Gasteiger partial charge is 0.493 e. The SMILES string of the molecule is CCCC1=C(CC)C(=O)C=C2N(C)CC3CC213.COc1cc2cc(C=O)[nH]c2c(OC)c1OC. The number of ketones is 1. The van der Waals surface area contributed by atoms with Gasteiger partial charge in [0.25, 0.3) is 0 Å². The van der Waals surface area contributed by atoms with Crippen molar-refractivity contribution in [2.75, 3.05) is 34.9 Å². The number of methoxy groups -OCH3 is 3. The van der Waals surface area contributed by atoms with Crippen molar-refractivity contribution in [2.24, 2.45) is 11.3 Å². The molecular formula is C27H34N2O5. The van der Waals surface area contributed by atoms with E-state index >= 15 is 0 Å². The Bertz CT molecular complexity index is 1190. The summed E-state index contributed by atoms with van der Waals surface area (Å²) in [7, 11) is 6.76. The molecule has 2 aromatic rings. The first-order chi connectivity index (χ1) is 16.4. The van der Waals surface area contributed by atoms with Crippen LogP contribution in [-0.2, 0) is 4.79 Å². The molecule has 0 amide bonds. The van der Waals surface area contributed by atoms with Crippen molar-refractivity contribution >= 4 is 23.0 Å². The third-order valence-corrected chi connectivity index (χ3v) is 7.36. The Kier molecular flexibility index (Phi) is 6.47. The number of aldehydes is 1. The van der Waals surface area contributed by atoms with Gasteiger partial charge in [0.05, 0.1) is 32.5 Å². The summed E-state index contributed by atoms with van der Waals surface area (Å²) in [6.45, 7) is 5.48. The van der Waals surface area contributed by atoms with Crippen molar-refractivity contribution < 1.29 is 23.8 Å². The molecule has 0 radical (unpaired) electrons. The number of rotatable bonds is 7. The van der Waals surface area contributed by atoms with Crippen LogP contribution in [0.2, 0.25) is 0 Å². The number of aromatic amines is 1. The molecule has 7 nitrogen and oxygen atoms in total. The van der Waals surface area contributed by atoms with E-state index < -0.39 is 0 Å². The van der Waals surface area contributed by atoms with Crippen LogP contribution < -0.4 is 14.2 Å². The van der Waals surface area contributed by atoms with Gasteiger partial charge in [-0.2, -0.15) is 0 Å². The number of hydrogen-bond donors (Lipinski definition) is 1. The Labute approximate surface area is 200 Å². The van der Waals surface area contributed by atoms with E-state index in [0.29, 0.717) is 33.9 Å². The van der Waals surface area contributed by atoms with E-state index in [1.54, 1.807) is 19.2 Å². The Morgan fingerprint density at radius 1 is 1.15 bits per heavy atom. The van der Waals surface area contributed by atoms with Gasteiger partial charge >= 0.3 is 0 Å². The fourth-order valence-electron chi connectivity index (χ4n) is 5.87. The Balaban J connectivity index is 0.000000161. The third-order valence-electron chi connectivity index (χ3n) is 7.36. The van der Waals surface area contributed by atoms with Crippen LogP contribution in [-0.4, -0.2) is 56.9 Å². The predicted octanol–water partition coefficient (Wildman–Crippen LogP) is 4.92. The molecule has 182 valence electrons. The number of hydrogen-bond acceptors (Lipinski definition) is 6. The van der Waals surface area contributed by atoms with Crippen molar-refractivity contribution in [3.63, 3.8) is 0 Å². The maximum absolute atomic E-state index is 12.2. The Morgan fingerprint density at radius 2 is 1.88 bits per heavy atom.